The van der Waals surface area contributed by atoms with E-state index in [0.717, 1.165) is 5.69 Å². The quantitative estimate of drug-likeness (QED) is 0.344. The molecule has 8 nitrogen and oxygen atoms in total. The molecule has 0 atom stereocenters. The van der Waals surface area contributed by atoms with Crippen LogP contribution in [-0.4, -0.2) is 40.7 Å². The average Bonchev–Trinajstić information content (AvgIpc) is 3.13. The van der Waals surface area contributed by atoms with E-state index in [9.17, 15) is 18.8 Å². The maximum atomic E-state index is 13.2. The summed E-state index contributed by atoms with van der Waals surface area (Å²) >= 11 is 0. The first-order valence-corrected chi connectivity index (χ1v) is 11.5. The first-order valence-electron chi connectivity index (χ1n) is 11.5. The van der Waals surface area contributed by atoms with Crippen molar-refractivity contribution in [3.05, 3.63) is 82.9 Å². The lowest BCUT2D eigenvalue weighted by atomic mass is 10.1. The van der Waals surface area contributed by atoms with Crippen LogP contribution in [0.2, 0.25) is 0 Å². The van der Waals surface area contributed by atoms with Gasteiger partial charge in [-0.1, -0.05) is 26.0 Å². The SMILES string of the molecule is Cc1nn(-c2ccc(F)cc2)c(C)c1/C=C/C(=O)OCC(=O)Nc1ccccc1C(=O)NCC(C)C. The van der Waals surface area contributed by atoms with E-state index in [1.807, 2.05) is 20.8 Å². The number of ether oxygens (including phenoxy) is 1. The normalized spacial score (nSPS) is 11.1. The minimum atomic E-state index is -0.707. The number of rotatable bonds is 9. The number of halogens is 1. The van der Waals surface area contributed by atoms with E-state index < -0.39 is 18.5 Å². The summed E-state index contributed by atoms with van der Waals surface area (Å²) in [5, 5.41) is 9.87. The van der Waals surface area contributed by atoms with E-state index in [0.29, 0.717) is 34.7 Å². The third-order valence-electron chi connectivity index (χ3n) is 5.27. The van der Waals surface area contributed by atoms with Crippen molar-refractivity contribution in [2.75, 3.05) is 18.5 Å². The van der Waals surface area contributed by atoms with E-state index in [1.54, 1.807) is 54.1 Å². The van der Waals surface area contributed by atoms with Crippen LogP contribution in [0.1, 0.15) is 41.2 Å². The van der Waals surface area contributed by atoms with Gasteiger partial charge in [0, 0.05) is 23.9 Å². The summed E-state index contributed by atoms with van der Waals surface area (Å²) in [4.78, 5) is 37.0. The van der Waals surface area contributed by atoms with Crippen LogP contribution >= 0.6 is 0 Å². The van der Waals surface area contributed by atoms with Crippen molar-refractivity contribution in [3.8, 4) is 5.69 Å². The van der Waals surface area contributed by atoms with Crippen molar-refractivity contribution in [2.24, 2.45) is 5.92 Å². The van der Waals surface area contributed by atoms with Gasteiger partial charge in [0.1, 0.15) is 5.82 Å². The molecule has 1 heterocycles. The Kier molecular flexibility index (Phi) is 8.72. The van der Waals surface area contributed by atoms with Crippen molar-refractivity contribution >= 4 is 29.5 Å². The number of esters is 1. The van der Waals surface area contributed by atoms with Gasteiger partial charge in [0.05, 0.1) is 22.6 Å². The lowest BCUT2D eigenvalue weighted by Crippen LogP contribution is -2.29. The molecule has 0 saturated heterocycles. The molecule has 0 saturated carbocycles. The number of carbonyl (C=O) groups is 3. The van der Waals surface area contributed by atoms with Gasteiger partial charge < -0.3 is 15.4 Å². The second-order valence-corrected chi connectivity index (χ2v) is 8.61. The number of hydrogen-bond donors (Lipinski definition) is 2. The number of nitrogens with zero attached hydrogens (tertiary/aromatic N) is 2. The van der Waals surface area contributed by atoms with E-state index >= 15 is 0 Å². The molecule has 0 unspecified atom stereocenters. The summed E-state index contributed by atoms with van der Waals surface area (Å²) in [5.74, 6) is -1.64. The Labute approximate surface area is 209 Å². The fourth-order valence-electron chi connectivity index (χ4n) is 3.43. The zero-order valence-corrected chi connectivity index (χ0v) is 20.7. The standard InChI is InChI=1S/C27H29FN4O4/c1-17(2)15-29-27(35)23-7-5-6-8-24(23)30-25(33)16-36-26(34)14-13-22-18(3)31-32(19(22)4)21-11-9-20(28)10-12-21/h5-14,17H,15-16H2,1-4H3,(H,29,35)(H,30,33)/b14-13+. The van der Waals surface area contributed by atoms with Gasteiger partial charge in [0.25, 0.3) is 11.8 Å². The van der Waals surface area contributed by atoms with Gasteiger partial charge in [0.2, 0.25) is 0 Å². The highest BCUT2D eigenvalue weighted by atomic mass is 19.1. The van der Waals surface area contributed by atoms with Gasteiger partial charge in [-0.15, -0.1) is 0 Å². The van der Waals surface area contributed by atoms with Crippen LogP contribution in [0.15, 0.2) is 54.6 Å². The van der Waals surface area contributed by atoms with E-state index in [1.165, 1.54) is 18.2 Å². The van der Waals surface area contributed by atoms with E-state index in [2.05, 4.69) is 15.7 Å². The van der Waals surface area contributed by atoms with Crippen molar-refractivity contribution in [1.82, 2.24) is 15.1 Å². The summed E-state index contributed by atoms with van der Waals surface area (Å²) < 4.78 is 19.9. The van der Waals surface area contributed by atoms with Crippen molar-refractivity contribution < 1.29 is 23.5 Å². The number of carbonyl (C=O) groups excluding carboxylic acids is 3. The number of anilines is 1. The smallest absolute Gasteiger partial charge is 0.331 e. The van der Waals surface area contributed by atoms with Crippen LogP contribution in [-0.2, 0) is 14.3 Å². The van der Waals surface area contributed by atoms with Gasteiger partial charge in [-0.3, -0.25) is 9.59 Å². The van der Waals surface area contributed by atoms with Crippen molar-refractivity contribution in [3.63, 3.8) is 0 Å². The Balaban J connectivity index is 1.59. The summed E-state index contributed by atoms with van der Waals surface area (Å²) in [5.41, 5.74) is 3.48. The maximum absolute atomic E-state index is 13.2. The molecule has 2 amide bonds. The van der Waals surface area contributed by atoms with E-state index in [-0.39, 0.29) is 17.6 Å². The predicted molar refractivity (Wildman–Crippen MR) is 135 cm³/mol. The molecule has 9 heteroatoms. The molecule has 0 aliphatic rings. The van der Waals surface area contributed by atoms with Gasteiger partial charge in [-0.05, 0) is 62.2 Å². The molecule has 0 bridgehead atoms. The molecular weight excluding hydrogens is 463 g/mol. The lowest BCUT2D eigenvalue weighted by Gasteiger charge is -2.12. The zero-order valence-electron chi connectivity index (χ0n) is 20.7. The number of aryl methyl sites for hydroxylation is 1. The number of benzene rings is 2. The minimum absolute atomic E-state index is 0.285. The number of amides is 2. The number of hydrogen-bond acceptors (Lipinski definition) is 5. The Morgan fingerprint density at radius 2 is 1.78 bits per heavy atom. The Bertz CT molecular complexity index is 1280. The second-order valence-electron chi connectivity index (χ2n) is 8.61. The average molecular weight is 493 g/mol. The van der Waals surface area contributed by atoms with Gasteiger partial charge in [-0.2, -0.15) is 5.10 Å². The summed E-state index contributed by atoms with van der Waals surface area (Å²) in [6.07, 6.45) is 2.78. The Hall–Kier alpha value is -4.27. The van der Waals surface area contributed by atoms with Crippen LogP contribution in [0.4, 0.5) is 10.1 Å². The van der Waals surface area contributed by atoms with E-state index in [4.69, 9.17) is 4.74 Å². The molecule has 1 aromatic heterocycles. The monoisotopic (exact) mass is 492 g/mol. The molecule has 188 valence electrons. The van der Waals surface area contributed by atoms with Crippen LogP contribution in [0.5, 0.6) is 0 Å². The molecule has 0 aliphatic carbocycles. The number of nitrogens with one attached hydrogen (secondary N) is 2. The van der Waals surface area contributed by atoms with Gasteiger partial charge >= 0.3 is 5.97 Å². The van der Waals surface area contributed by atoms with Crippen LogP contribution in [0.25, 0.3) is 11.8 Å². The summed E-state index contributed by atoms with van der Waals surface area (Å²) in [6, 6.07) is 12.5. The third kappa shape index (κ3) is 6.88. The molecular formula is C27H29FN4O4. The summed E-state index contributed by atoms with van der Waals surface area (Å²) in [7, 11) is 0. The third-order valence-corrected chi connectivity index (χ3v) is 5.27. The first kappa shape index (κ1) is 26.3. The minimum Gasteiger partial charge on any atom is -0.452 e. The molecule has 0 fully saturated rings. The van der Waals surface area contributed by atoms with Crippen molar-refractivity contribution in [1.29, 1.82) is 0 Å². The molecule has 3 aromatic rings. The predicted octanol–water partition coefficient (Wildman–Crippen LogP) is 4.21. The molecule has 2 N–H and O–H groups in total. The van der Waals surface area contributed by atoms with Crippen LogP contribution < -0.4 is 10.6 Å². The van der Waals surface area contributed by atoms with Gasteiger partial charge in [0.15, 0.2) is 6.61 Å². The van der Waals surface area contributed by atoms with Crippen LogP contribution in [0.3, 0.4) is 0 Å². The summed E-state index contributed by atoms with van der Waals surface area (Å²) in [6.45, 7) is 7.58. The molecule has 0 radical (unpaired) electrons. The Morgan fingerprint density at radius 1 is 1.08 bits per heavy atom. The highest BCUT2D eigenvalue weighted by molar-refractivity contribution is 6.04. The van der Waals surface area contributed by atoms with Crippen LogP contribution in [0, 0.1) is 25.6 Å². The first-order chi connectivity index (χ1) is 17.2. The van der Waals surface area contributed by atoms with Gasteiger partial charge in [-0.25, -0.2) is 13.9 Å². The van der Waals surface area contributed by atoms with Crippen molar-refractivity contribution in [2.45, 2.75) is 27.7 Å². The fourth-order valence-corrected chi connectivity index (χ4v) is 3.43. The highest BCUT2D eigenvalue weighted by Crippen LogP contribution is 2.20. The largest absolute Gasteiger partial charge is 0.452 e. The molecule has 2 aromatic carbocycles. The molecule has 36 heavy (non-hydrogen) atoms. The molecule has 3 rings (SSSR count). The highest BCUT2D eigenvalue weighted by Gasteiger charge is 2.15. The lowest BCUT2D eigenvalue weighted by molar-refractivity contribution is -0.142. The Morgan fingerprint density at radius 3 is 2.47 bits per heavy atom. The molecule has 0 spiro atoms. The molecule has 0 aliphatic heterocycles. The maximum Gasteiger partial charge on any atom is 0.331 e. The number of aromatic nitrogens is 2. The fraction of sp³-hybridized carbons (Fsp3) is 0.259. The number of para-hydroxylation sites is 1. The zero-order chi connectivity index (χ0) is 26.2. The topological polar surface area (TPSA) is 102 Å². The second kappa shape index (κ2) is 11.9.